The normalized spacial score (nSPS) is 16.8. The second-order valence-electron chi connectivity index (χ2n) is 8.68. The molecule has 0 aliphatic carbocycles. The molecular weight excluding hydrogens is 410 g/mol. The second kappa shape index (κ2) is 7.23. The Labute approximate surface area is 185 Å². The number of hydrogen-bond donors (Lipinski definition) is 2. The number of aromatic nitrogens is 2. The van der Waals surface area contributed by atoms with Crippen molar-refractivity contribution in [3.05, 3.63) is 52.3 Å². The third-order valence-corrected chi connectivity index (χ3v) is 6.63. The summed E-state index contributed by atoms with van der Waals surface area (Å²) in [4.78, 5) is 24.8. The van der Waals surface area contributed by atoms with Crippen molar-refractivity contribution in [1.29, 1.82) is 0 Å². The van der Waals surface area contributed by atoms with Crippen molar-refractivity contribution in [3.63, 3.8) is 0 Å². The molecule has 0 saturated carbocycles. The quantitative estimate of drug-likeness (QED) is 0.631. The van der Waals surface area contributed by atoms with Gasteiger partial charge in [0.05, 0.1) is 29.3 Å². The molecule has 2 aliphatic rings. The van der Waals surface area contributed by atoms with E-state index in [0.29, 0.717) is 18.0 Å². The van der Waals surface area contributed by atoms with Crippen LogP contribution in [0.1, 0.15) is 40.6 Å². The van der Waals surface area contributed by atoms with Crippen LogP contribution in [0.15, 0.2) is 30.3 Å². The largest absolute Gasteiger partial charge is 0.490 e. The average Bonchev–Trinajstić information content (AvgIpc) is 3.12. The van der Waals surface area contributed by atoms with Gasteiger partial charge in [0.15, 0.2) is 5.13 Å². The zero-order valence-corrected chi connectivity index (χ0v) is 18.9. The SMILES string of the molecule is Cc1ccc(Nc2ccc3c(c2)N(c2nc4c(s2)C(=O)NC(C)(C)C4)CCO3)c(C)n1. The molecule has 1 amide bonds. The van der Waals surface area contributed by atoms with Crippen molar-refractivity contribution in [2.75, 3.05) is 23.4 Å². The lowest BCUT2D eigenvalue weighted by Crippen LogP contribution is -2.48. The molecule has 3 aromatic rings. The number of nitrogens with one attached hydrogen (secondary N) is 2. The minimum atomic E-state index is -0.282. The number of benzene rings is 1. The molecule has 0 radical (unpaired) electrons. The number of thiazole rings is 1. The Kier molecular flexibility index (Phi) is 4.62. The number of pyridine rings is 1. The number of nitrogens with zero attached hydrogens (tertiary/aromatic N) is 3. The van der Waals surface area contributed by atoms with Gasteiger partial charge in [0, 0.05) is 23.3 Å². The highest BCUT2D eigenvalue weighted by molar-refractivity contribution is 7.17. The highest BCUT2D eigenvalue weighted by Gasteiger charge is 2.34. The summed E-state index contributed by atoms with van der Waals surface area (Å²) in [7, 11) is 0. The molecule has 0 fully saturated rings. The molecule has 2 aromatic heterocycles. The topological polar surface area (TPSA) is 79.4 Å². The number of hydrogen-bond acceptors (Lipinski definition) is 7. The summed E-state index contributed by atoms with van der Waals surface area (Å²) in [5.41, 5.74) is 5.40. The summed E-state index contributed by atoms with van der Waals surface area (Å²) in [5, 5.41) is 7.35. The monoisotopic (exact) mass is 435 g/mol. The van der Waals surface area contributed by atoms with Crippen LogP contribution in [0.25, 0.3) is 0 Å². The fourth-order valence-corrected chi connectivity index (χ4v) is 5.06. The van der Waals surface area contributed by atoms with Gasteiger partial charge in [-0.25, -0.2) is 4.98 Å². The molecule has 0 atom stereocenters. The molecular formula is C23H25N5O2S. The lowest BCUT2D eigenvalue weighted by Gasteiger charge is -2.30. The van der Waals surface area contributed by atoms with E-state index in [0.717, 1.165) is 51.4 Å². The zero-order chi connectivity index (χ0) is 21.8. The van der Waals surface area contributed by atoms with E-state index in [9.17, 15) is 4.79 Å². The first-order valence-corrected chi connectivity index (χ1v) is 11.2. The van der Waals surface area contributed by atoms with Gasteiger partial charge >= 0.3 is 0 Å². The maximum atomic E-state index is 12.6. The molecule has 160 valence electrons. The van der Waals surface area contributed by atoms with Crippen LogP contribution in [0.2, 0.25) is 0 Å². The zero-order valence-electron chi connectivity index (χ0n) is 18.1. The number of aryl methyl sites for hydroxylation is 2. The first-order chi connectivity index (χ1) is 14.8. The molecule has 4 heterocycles. The molecule has 0 spiro atoms. The van der Waals surface area contributed by atoms with Gasteiger partial charge in [-0.15, -0.1) is 0 Å². The minimum absolute atomic E-state index is 0.0405. The molecule has 1 aromatic carbocycles. The van der Waals surface area contributed by atoms with E-state index in [1.807, 2.05) is 52.0 Å². The van der Waals surface area contributed by atoms with Crippen LogP contribution < -0.4 is 20.3 Å². The van der Waals surface area contributed by atoms with Gasteiger partial charge in [-0.05, 0) is 58.0 Å². The van der Waals surface area contributed by atoms with Crippen LogP contribution >= 0.6 is 11.3 Å². The van der Waals surface area contributed by atoms with E-state index in [-0.39, 0.29) is 11.4 Å². The fourth-order valence-electron chi connectivity index (χ4n) is 4.05. The van der Waals surface area contributed by atoms with E-state index in [2.05, 4.69) is 26.6 Å². The molecule has 5 rings (SSSR count). The van der Waals surface area contributed by atoms with Gasteiger partial charge in [-0.1, -0.05) is 11.3 Å². The number of rotatable bonds is 3. The Morgan fingerprint density at radius 2 is 2.03 bits per heavy atom. The Bertz CT molecular complexity index is 1190. The lowest BCUT2D eigenvalue weighted by atomic mass is 9.94. The predicted octanol–water partition coefficient (Wildman–Crippen LogP) is 4.49. The molecule has 2 aliphatic heterocycles. The van der Waals surface area contributed by atoms with Gasteiger partial charge < -0.3 is 20.3 Å². The Hall–Kier alpha value is -3.13. The molecule has 0 bridgehead atoms. The van der Waals surface area contributed by atoms with Crippen molar-refractivity contribution >= 4 is 39.4 Å². The smallest absolute Gasteiger partial charge is 0.263 e. The maximum Gasteiger partial charge on any atom is 0.263 e. The Morgan fingerprint density at radius 3 is 2.84 bits per heavy atom. The third kappa shape index (κ3) is 3.72. The number of ether oxygens (including phenoxy) is 1. The molecule has 7 nitrogen and oxygen atoms in total. The Morgan fingerprint density at radius 1 is 1.19 bits per heavy atom. The molecule has 31 heavy (non-hydrogen) atoms. The van der Waals surface area contributed by atoms with Crippen molar-refractivity contribution in [2.24, 2.45) is 0 Å². The van der Waals surface area contributed by atoms with Gasteiger partial charge in [-0.3, -0.25) is 9.78 Å². The van der Waals surface area contributed by atoms with Crippen molar-refractivity contribution in [2.45, 2.75) is 39.7 Å². The van der Waals surface area contributed by atoms with Gasteiger partial charge in [0.25, 0.3) is 5.91 Å². The molecule has 0 saturated heterocycles. The number of anilines is 4. The van der Waals surface area contributed by atoms with E-state index < -0.39 is 0 Å². The predicted molar refractivity (Wildman–Crippen MR) is 123 cm³/mol. The summed E-state index contributed by atoms with van der Waals surface area (Å²) in [6.07, 6.45) is 0.725. The van der Waals surface area contributed by atoms with E-state index >= 15 is 0 Å². The summed E-state index contributed by atoms with van der Waals surface area (Å²) in [6.45, 7) is 9.28. The average molecular weight is 436 g/mol. The lowest BCUT2D eigenvalue weighted by molar-refractivity contribution is 0.0901. The molecule has 0 unspecified atom stereocenters. The van der Waals surface area contributed by atoms with Crippen LogP contribution in [0.3, 0.4) is 0 Å². The highest BCUT2D eigenvalue weighted by atomic mass is 32.1. The fraction of sp³-hybridized carbons (Fsp3) is 0.348. The first kappa shape index (κ1) is 19.8. The number of fused-ring (bicyclic) bond motifs is 2. The summed E-state index contributed by atoms with van der Waals surface area (Å²) < 4.78 is 5.89. The standard InChI is InChI=1S/C23H25N5O2S/c1-13-5-7-16(14(2)24-13)25-15-6-8-19-18(11-15)28(9-10-30-19)22-26-17-12-23(3,4)27-21(29)20(17)31-22/h5-8,11,25H,9-10,12H2,1-4H3,(H,27,29). The highest BCUT2D eigenvalue weighted by Crippen LogP contribution is 2.42. The van der Waals surface area contributed by atoms with Crippen molar-refractivity contribution in [1.82, 2.24) is 15.3 Å². The number of amides is 1. The third-order valence-electron chi connectivity index (χ3n) is 5.51. The number of carbonyl (C=O) groups excluding carboxylic acids is 1. The minimum Gasteiger partial charge on any atom is -0.490 e. The molecule has 2 N–H and O–H groups in total. The second-order valence-corrected chi connectivity index (χ2v) is 9.66. The van der Waals surface area contributed by atoms with Crippen LogP contribution in [0.5, 0.6) is 5.75 Å². The van der Waals surface area contributed by atoms with Gasteiger partial charge in [-0.2, -0.15) is 0 Å². The first-order valence-electron chi connectivity index (χ1n) is 10.4. The summed E-state index contributed by atoms with van der Waals surface area (Å²) in [6, 6.07) is 10.1. The van der Waals surface area contributed by atoms with Crippen LogP contribution in [-0.2, 0) is 6.42 Å². The van der Waals surface area contributed by atoms with Crippen molar-refractivity contribution < 1.29 is 9.53 Å². The maximum absolute atomic E-state index is 12.6. The van der Waals surface area contributed by atoms with Crippen LogP contribution in [0.4, 0.5) is 22.2 Å². The molecule has 8 heteroatoms. The van der Waals surface area contributed by atoms with E-state index in [1.54, 1.807) is 0 Å². The number of carbonyl (C=O) groups is 1. The Balaban J connectivity index is 1.49. The van der Waals surface area contributed by atoms with E-state index in [4.69, 9.17) is 9.72 Å². The summed E-state index contributed by atoms with van der Waals surface area (Å²) >= 11 is 1.44. The van der Waals surface area contributed by atoms with Gasteiger partial charge in [0.1, 0.15) is 17.2 Å². The van der Waals surface area contributed by atoms with Crippen LogP contribution in [-0.4, -0.2) is 34.6 Å². The van der Waals surface area contributed by atoms with Gasteiger partial charge in [0.2, 0.25) is 0 Å². The van der Waals surface area contributed by atoms with Crippen LogP contribution in [0, 0.1) is 13.8 Å². The van der Waals surface area contributed by atoms with E-state index in [1.165, 1.54) is 11.3 Å². The van der Waals surface area contributed by atoms with Crippen molar-refractivity contribution in [3.8, 4) is 5.75 Å². The summed E-state index contributed by atoms with van der Waals surface area (Å²) in [5.74, 6) is 0.773.